The van der Waals surface area contributed by atoms with Crippen LogP contribution in [0.2, 0.25) is 0 Å². The fraction of sp³-hybridized carbons (Fsp3) is 0.923. The molecule has 0 aromatic heterocycles. The summed E-state index contributed by atoms with van der Waals surface area (Å²) in [7, 11) is 0. The van der Waals surface area contributed by atoms with Gasteiger partial charge < -0.3 is 4.90 Å². The van der Waals surface area contributed by atoms with Gasteiger partial charge >= 0.3 is 0 Å². The van der Waals surface area contributed by atoms with Gasteiger partial charge in [-0.25, -0.2) is 0 Å². The third kappa shape index (κ3) is 3.65. The van der Waals surface area contributed by atoms with E-state index >= 15 is 0 Å². The number of rotatable bonds is 6. The maximum atomic E-state index is 12.2. The van der Waals surface area contributed by atoms with Gasteiger partial charge in [0.15, 0.2) is 0 Å². The summed E-state index contributed by atoms with van der Waals surface area (Å²) in [6.07, 6.45) is 5.44. The number of alkyl halides is 1. The lowest BCUT2D eigenvalue weighted by atomic mass is 9.98. The monoisotopic (exact) mass is 245 g/mol. The van der Waals surface area contributed by atoms with Gasteiger partial charge in [0, 0.05) is 24.9 Å². The minimum absolute atomic E-state index is 0.244. The number of carbonyl (C=O) groups is 1. The number of hydrogen-bond donors (Lipinski definition) is 0. The van der Waals surface area contributed by atoms with Crippen LogP contribution < -0.4 is 0 Å². The van der Waals surface area contributed by atoms with Gasteiger partial charge in [0.2, 0.25) is 5.91 Å². The van der Waals surface area contributed by atoms with E-state index in [0.717, 1.165) is 38.8 Å². The Labute approximate surface area is 104 Å². The van der Waals surface area contributed by atoms with Crippen LogP contribution in [0, 0.1) is 11.8 Å². The molecule has 0 spiro atoms. The molecule has 0 aromatic rings. The summed E-state index contributed by atoms with van der Waals surface area (Å²) in [4.78, 5) is 14.3. The molecule has 3 heteroatoms. The highest BCUT2D eigenvalue weighted by molar-refractivity contribution is 6.18. The SMILES string of the molecule is CCCCC(CC)C(=O)N1CCC(CCl)C1. The number of hydrogen-bond acceptors (Lipinski definition) is 1. The van der Waals surface area contributed by atoms with Gasteiger partial charge in [-0.15, -0.1) is 11.6 Å². The molecule has 1 aliphatic rings. The van der Waals surface area contributed by atoms with E-state index in [2.05, 4.69) is 13.8 Å². The summed E-state index contributed by atoms with van der Waals surface area (Å²) >= 11 is 5.84. The Kier molecular flexibility index (Phi) is 6.18. The Morgan fingerprint density at radius 3 is 2.75 bits per heavy atom. The number of amides is 1. The van der Waals surface area contributed by atoms with Crippen molar-refractivity contribution in [3.05, 3.63) is 0 Å². The average Bonchev–Trinajstić information content (AvgIpc) is 2.78. The summed E-state index contributed by atoms with van der Waals surface area (Å²) in [5.74, 6) is 1.82. The highest BCUT2D eigenvalue weighted by atomic mass is 35.5. The lowest BCUT2D eigenvalue weighted by molar-refractivity contribution is -0.134. The number of halogens is 1. The van der Waals surface area contributed by atoms with Crippen LogP contribution in [-0.2, 0) is 4.79 Å². The van der Waals surface area contributed by atoms with E-state index in [1.54, 1.807) is 0 Å². The summed E-state index contributed by atoms with van der Waals surface area (Å²) in [5.41, 5.74) is 0. The fourth-order valence-corrected chi connectivity index (χ4v) is 2.62. The Hall–Kier alpha value is -0.240. The van der Waals surface area contributed by atoms with Gasteiger partial charge in [-0.05, 0) is 25.2 Å². The first-order chi connectivity index (χ1) is 7.72. The van der Waals surface area contributed by atoms with Crippen molar-refractivity contribution in [2.45, 2.75) is 46.0 Å². The van der Waals surface area contributed by atoms with Crippen molar-refractivity contribution in [2.24, 2.45) is 11.8 Å². The third-order valence-corrected chi connectivity index (χ3v) is 4.00. The van der Waals surface area contributed by atoms with Crippen LogP contribution in [0.25, 0.3) is 0 Å². The van der Waals surface area contributed by atoms with Crippen LogP contribution in [-0.4, -0.2) is 29.8 Å². The maximum Gasteiger partial charge on any atom is 0.225 e. The van der Waals surface area contributed by atoms with Crippen molar-refractivity contribution in [2.75, 3.05) is 19.0 Å². The molecule has 94 valence electrons. The summed E-state index contributed by atoms with van der Waals surface area (Å²) in [6, 6.07) is 0. The number of nitrogens with zero attached hydrogens (tertiary/aromatic N) is 1. The lowest BCUT2D eigenvalue weighted by Crippen LogP contribution is -2.34. The first-order valence-electron chi connectivity index (χ1n) is 6.57. The summed E-state index contributed by atoms with van der Waals surface area (Å²) in [6.45, 7) is 6.09. The molecule has 1 fully saturated rings. The smallest absolute Gasteiger partial charge is 0.225 e. The van der Waals surface area contributed by atoms with Gasteiger partial charge in [-0.2, -0.15) is 0 Å². The second kappa shape index (κ2) is 7.16. The van der Waals surface area contributed by atoms with Gasteiger partial charge in [0.1, 0.15) is 0 Å². The molecule has 1 rings (SSSR count). The number of unbranched alkanes of at least 4 members (excludes halogenated alkanes) is 1. The lowest BCUT2D eigenvalue weighted by Gasteiger charge is -2.22. The molecule has 0 bridgehead atoms. The van der Waals surface area contributed by atoms with E-state index in [4.69, 9.17) is 11.6 Å². The standard InChI is InChI=1S/C13H24ClNO/c1-3-5-6-12(4-2)13(16)15-8-7-11(9-14)10-15/h11-12H,3-10H2,1-2H3. The molecule has 2 nitrogen and oxygen atoms in total. The predicted molar refractivity (Wildman–Crippen MR) is 68.7 cm³/mol. The molecule has 0 aromatic carbocycles. The zero-order chi connectivity index (χ0) is 12.0. The molecule has 0 saturated carbocycles. The van der Waals surface area contributed by atoms with Crippen LogP contribution in [0.15, 0.2) is 0 Å². The third-order valence-electron chi connectivity index (χ3n) is 3.56. The van der Waals surface area contributed by atoms with Crippen molar-refractivity contribution < 1.29 is 4.79 Å². The van der Waals surface area contributed by atoms with Crippen LogP contribution in [0.1, 0.15) is 46.0 Å². The van der Waals surface area contributed by atoms with Gasteiger partial charge in [-0.1, -0.05) is 26.7 Å². The normalized spacial score (nSPS) is 22.4. The Morgan fingerprint density at radius 2 is 2.25 bits per heavy atom. The minimum Gasteiger partial charge on any atom is -0.342 e. The van der Waals surface area contributed by atoms with Gasteiger partial charge in [0.05, 0.1) is 0 Å². The molecular formula is C13H24ClNO. The largest absolute Gasteiger partial charge is 0.342 e. The van der Waals surface area contributed by atoms with E-state index in [-0.39, 0.29) is 5.92 Å². The Balaban J connectivity index is 2.42. The Bertz CT molecular complexity index is 216. The van der Waals surface area contributed by atoms with Gasteiger partial charge in [-0.3, -0.25) is 4.79 Å². The quantitative estimate of drug-likeness (QED) is 0.658. The summed E-state index contributed by atoms with van der Waals surface area (Å²) in [5, 5.41) is 0. The molecule has 0 aliphatic carbocycles. The molecule has 2 unspecified atom stereocenters. The van der Waals surface area contributed by atoms with Crippen molar-refractivity contribution in [1.29, 1.82) is 0 Å². The van der Waals surface area contributed by atoms with Crippen molar-refractivity contribution >= 4 is 17.5 Å². The first kappa shape index (κ1) is 13.8. The molecule has 16 heavy (non-hydrogen) atoms. The topological polar surface area (TPSA) is 20.3 Å². The number of carbonyl (C=O) groups excluding carboxylic acids is 1. The molecule has 1 aliphatic heterocycles. The highest BCUT2D eigenvalue weighted by Gasteiger charge is 2.29. The van der Waals surface area contributed by atoms with Crippen molar-refractivity contribution in [3.8, 4) is 0 Å². The molecule has 2 atom stereocenters. The first-order valence-corrected chi connectivity index (χ1v) is 7.11. The molecule has 0 radical (unpaired) electrons. The predicted octanol–water partition coefficient (Wildman–Crippen LogP) is 3.29. The molecule has 1 heterocycles. The second-order valence-electron chi connectivity index (χ2n) is 4.84. The van der Waals surface area contributed by atoms with Crippen LogP contribution in [0.3, 0.4) is 0 Å². The van der Waals surface area contributed by atoms with Crippen molar-refractivity contribution in [3.63, 3.8) is 0 Å². The number of likely N-dealkylation sites (tertiary alicyclic amines) is 1. The van der Waals surface area contributed by atoms with E-state index in [0.29, 0.717) is 17.7 Å². The minimum atomic E-state index is 0.244. The molecule has 0 N–H and O–H groups in total. The highest BCUT2D eigenvalue weighted by Crippen LogP contribution is 2.22. The van der Waals surface area contributed by atoms with Crippen LogP contribution in [0.4, 0.5) is 0 Å². The maximum absolute atomic E-state index is 12.2. The Morgan fingerprint density at radius 1 is 1.50 bits per heavy atom. The second-order valence-corrected chi connectivity index (χ2v) is 5.15. The summed E-state index contributed by atoms with van der Waals surface area (Å²) < 4.78 is 0. The van der Waals surface area contributed by atoms with E-state index in [9.17, 15) is 4.79 Å². The molecular weight excluding hydrogens is 222 g/mol. The van der Waals surface area contributed by atoms with E-state index in [1.165, 1.54) is 6.42 Å². The van der Waals surface area contributed by atoms with E-state index in [1.807, 2.05) is 4.90 Å². The fourth-order valence-electron chi connectivity index (χ4n) is 2.37. The van der Waals surface area contributed by atoms with Crippen LogP contribution >= 0.6 is 11.6 Å². The zero-order valence-corrected chi connectivity index (χ0v) is 11.3. The van der Waals surface area contributed by atoms with Gasteiger partial charge in [0.25, 0.3) is 0 Å². The molecule has 1 saturated heterocycles. The average molecular weight is 246 g/mol. The van der Waals surface area contributed by atoms with Crippen molar-refractivity contribution in [1.82, 2.24) is 4.90 Å². The van der Waals surface area contributed by atoms with Crippen LogP contribution in [0.5, 0.6) is 0 Å². The zero-order valence-electron chi connectivity index (χ0n) is 10.5. The van der Waals surface area contributed by atoms with E-state index < -0.39 is 0 Å². The molecule has 1 amide bonds.